The van der Waals surface area contributed by atoms with E-state index in [1.807, 2.05) is 6.26 Å². The summed E-state index contributed by atoms with van der Waals surface area (Å²) in [5.41, 5.74) is 1.32. The van der Waals surface area contributed by atoms with Gasteiger partial charge in [0.1, 0.15) is 5.01 Å². The SMILES string of the molecule is CCCN(Cc1nnc(SC)s1)C(C)c1ccccc1Br. The van der Waals surface area contributed by atoms with Gasteiger partial charge in [0.25, 0.3) is 0 Å². The van der Waals surface area contributed by atoms with Crippen molar-refractivity contribution in [3.8, 4) is 0 Å². The number of rotatable bonds is 7. The van der Waals surface area contributed by atoms with Gasteiger partial charge in [0.15, 0.2) is 4.34 Å². The lowest BCUT2D eigenvalue weighted by atomic mass is 10.1. The number of halogens is 1. The van der Waals surface area contributed by atoms with Crippen molar-refractivity contribution in [3.63, 3.8) is 0 Å². The van der Waals surface area contributed by atoms with Gasteiger partial charge < -0.3 is 0 Å². The van der Waals surface area contributed by atoms with Crippen LogP contribution in [-0.2, 0) is 6.54 Å². The van der Waals surface area contributed by atoms with Gasteiger partial charge >= 0.3 is 0 Å². The van der Waals surface area contributed by atoms with Crippen LogP contribution in [0.2, 0.25) is 0 Å². The third-order valence-electron chi connectivity index (χ3n) is 3.38. The van der Waals surface area contributed by atoms with Gasteiger partial charge in [-0.05, 0) is 37.8 Å². The highest BCUT2D eigenvalue weighted by molar-refractivity contribution is 9.10. The van der Waals surface area contributed by atoms with Crippen molar-refractivity contribution in [1.29, 1.82) is 0 Å². The summed E-state index contributed by atoms with van der Waals surface area (Å²) in [6, 6.07) is 8.79. The topological polar surface area (TPSA) is 29.0 Å². The minimum absolute atomic E-state index is 0.349. The second kappa shape index (κ2) is 8.27. The summed E-state index contributed by atoms with van der Waals surface area (Å²) < 4.78 is 2.20. The molecule has 6 heteroatoms. The minimum Gasteiger partial charge on any atom is -0.290 e. The van der Waals surface area contributed by atoms with Crippen LogP contribution in [0.1, 0.15) is 36.9 Å². The Morgan fingerprint density at radius 1 is 1.33 bits per heavy atom. The number of thioether (sulfide) groups is 1. The minimum atomic E-state index is 0.349. The van der Waals surface area contributed by atoms with E-state index in [0.717, 1.165) is 28.9 Å². The van der Waals surface area contributed by atoms with Crippen molar-refractivity contribution >= 4 is 39.0 Å². The molecule has 0 N–H and O–H groups in total. The summed E-state index contributed by atoms with van der Waals surface area (Å²) in [4.78, 5) is 2.46. The lowest BCUT2D eigenvalue weighted by Crippen LogP contribution is -2.27. The van der Waals surface area contributed by atoms with Gasteiger partial charge in [-0.1, -0.05) is 64.2 Å². The first-order valence-corrected chi connectivity index (χ1v) is 9.84. The Hall–Kier alpha value is -0.430. The molecule has 2 aromatic rings. The van der Waals surface area contributed by atoms with Gasteiger partial charge in [-0.3, -0.25) is 4.90 Å². The van der Waals surface area contributed by atoms with Crippen LogP contribution in [0.15, 0.2) is 33.1 Å². The quantitative estimate of drug-likeness (QED) is 0.627. The highest BCUT2D eigenvalue weighted by Gasteiger charge is 2.19. The maximum atomic E-state index is 4.30. The summed E-state index contributed by atoms with van der Waals surface area (Å²) in [6.07, 6.45) is 3.17. The predicted octanol–water partition coefficient (Wildman–Crippen LogP) is 5.00. The van der Waals surface area contributed by atoms with E-state index in [0.29, 0.717) is 6.04 Å². The molecule has 0 spiro atoms. The number of aromatic nitrogens is 2. The Bertz CT molecular complexity index is 574. The summed E-state index contributed by atoms with van der Waals surface area (Å²) in [6.45, 7) is 6.38. The van der Waals surface area contributed by atoms with E-state index in [2.05, 4.69) is 69.1 Å². The van der Waals surface area contributed by atoms with Crippen molar-refractivity contribution in [3.05, 3.63) is 39.3 Å². The second-order valence-electron chi connectivity index (χ2n) is 4.83. The second-order valence-corrected chi connectivity index (χ2v) is 7.80. The number of nitrogens with zero attached hydrogens (tertiary/aromatic N) is 3. The molecule has 0 aliphatic carbocycles. The maximum absolute atomic E-state index is 4.30. The Morgan fingerprint density at radius 2 is 2.10 bits per heavy atom. The normalized spacial score (nSPS) is 12.8. The first-order chi connectivity index (χ1) is 10.2. The lowest BCUT2D eigenvalue weighted by molar-refractivity contribution is 0.200. The average Bonchev–Trinajstić information content (AvgIpc) is 2.94. The van der Waals surface area contributed by atoms with Crippen LogP contribution in [0.3, 0.4) is 0 Å². The van der Waals surface area contributed by atoms with Gasteiger partial charge in [-0.2, -0.15) is 0 Å². The zero-order chi connectivity index (χ0) is 15.2. The standard InChI is InChI=1S/C15H20BrN3S2/c1-4-9-19(10-14-17-18-15(20-3)21-14)11(2)12-7-5-6-8-13(12)16/h5-8,11H,4,9-10H2,1-3H3. The average molecular weight is 386 g/mol. The fourth-order valence-corrected chi connectivity index (χ4v) is 4.22. The first-order valence-electron chi connectivity index (χ1n) is 7.00. The Balaban J connectivity index is 2.16. The number of hydrogen-bond acceptors (Lipinski definition) is 5. The third-order valence-corrected chi connectivity index (χ3v) is 5.98. The van der Waals surface area contributed by atoms with Crippen LogP contribution in [-0.4, -0.2) is 27.9 Å². The fourth-order valence-electron chi connectivity index (χ4n) is 2.27. The van der Waals surface area contributed by atoms with Gasteiger partial charge in [0.05, 0.1) is 6.54 Å². The Kier molecular flexibility index (Phi) is 6.67. The molecule has 114 valence electrons. The molecule has 2 rings (SSSR count). The summed E-state index contributed by atoms with van der Waals surface area (Å²) in [7, 11) is 0. The molecule has 0 aliphatic heterocycles. The molecule has 1 unspecified atom stereocenters. The smallest absolute Gasteiger partial charge is 0.174 e. The summed E-state index contributed by atoms with van der Waals surface area (Å²) in [5, 5.41) is 9.58. The molecule has 1 atom stereocenters. The molecular formula is C15H20BrN3S2. The van der Waals surface area contributed by atoms with Crippen LogP contribution >= 0.6 is 39.0 Å². The molecule has 0 bridgehead atoms. The van der Waals surface area contributed by atoms with Crippen LogP contribution in [0.5, 0.6) is 0 Å². The van der Waals surface area contributed by atoms with E-state index in [9.17, 15) is 0 Å². The molecule has 1 aromatic heterocycles. The van der Waals surface area contributed by atoms with Crippen molar-refractivity contribution in [2.75, 3.05) is 12.8 Å². The van der Waals surface area contributed by atoms with Gasteiger partial charge in [0.2, 0.25) is 0 Å². The van der Waals surface area contributed by atoms with Crippen LogP contribution < -0.4 is 0 Å². The first kappa shape index (κ1) is 16.9. The zero-order valence-corrected chi connectivity index (χ0v) is 15.8. The number of benzene rings is 1. The predicted molar refractivity (Wildman–Crippen MR) is 94.9 cm³/mol. The zero-order valence-electron chi connectivity index (χ0n) is 12.5. The molecule has 0 radical (unpaired) electrons. The van der Waals surface area contributed by atoms with Crippen molar-refractivity contribution < 1.29 is 0 Å². The molecule has 1 aromatic carbocycles. The molecule has 0 saturated heterocycles. The Labute approximate surface area is 143 Å². The molecular weight excluding hydrogens is 366 g/mol. The van der Waals surface area contributed by atoms with E-state index in [1.54, 1.807) is 23.1 Å². The molecule has 0 saturated carbocycles. The van der Waals surface area contributed by atoms with Crippen LogP contribution in [0.25, 0.3) is 0 Å². The fraction of sp³-hybridized carbons (Fsp3) is 0.467. The molecule has 1 heterocycles. The van der Waals surface area contributed by atoms with E-state index in [1.165, 1.54) is 10.0 Å². The molecule has 0 amide bonds. The highest BCUT2D eigenvalue weighted by atomic mass is 79.9. The van der Waals surface area contributed by atoms with Gasteiger partial charge in [-0.15, -0.1) is 10.2 Å². The van der Waals surface area contributed by atoms with E-state index in [-0.39, 0.29) is 0 Å². The van der Waals surface area contributed by atoms with E-state index in [4.69, 9.17) is 0 Å². The monoisotopic (exact) mass is 385 g/mol. The molecule has 0 aliphatic rings. The maximum Gasteiger partial charge on any atom is 0.174 e. The number of hydrogen-bond donors (Lipinski definition) is 0. The lowest BCUT2D eigenvalue weighted by Gasteiger charge is -2.28. The van der Waals surface area contributed by atoms with Crippen molar-refractivity contribution in [2.45, 2.75) is 37.2 Å². The van der Waals surface area contributed by atoms with E-state index >= 15 is 0 Å². The third kappa shape index (κ3) is 4.52. The van der Waals surface area contributed by atoms with E-state index < -0.39 is 0 Å². The Morgan fingerprint density at radius 3 is 2.71 bits per heavy atom. The van der Waals surface area contributed by atoms with Crippen molar-refractivity contribution in [2.24, 2.45) is 0 Å². The summed E-state index contributed by atoms with van der Waals surface area (Å²) in [5.74, 6) is 0. The summed E-state index contributed by atoms with van der Waals surface area (Å²) >= 11 is 7.01. The molecule has 3 nitrogen and oxygen atoms in total. The van der Waals surface area contributed by atoms with Crippen molar-refractivity contribution in [1.82, 2.24) is 15.1 Å². The van der Waals surface area contributed by atoms with Gasteiger partial charge in [-0.25, -0.2) is 0 Å². The van der Waals surface area contributed by atoms with Crippen LogP contribution in [0, 0.1) is 0 Å². The van der Waals surface area contributed by atoms with Crippen LogP contribution in [0.4, 0.5) is 0 Å². The molecule has 0 fully saturated rings. The van der Waals surface area contributed by atoms with Gasteiger partial charge in [0, 0.05) is 10.5 Å². The largest absolute Gasteiger partial charge is 0.290 e. The molecule has 21 heavy (non-hydrogen) atoms. The highest BCUT2D eigenvalue weighted by Crippen LogP contribution is 2.29.